The Morgan fingerprint density at radius 1 is 0.609 bits per heavy atom. The van der Waals surface area contributed by atoms with E-state index in [0.29, 0.717) is 25.0 Å². The fourth-order valence-electron chi connectivity index (χ4n) is 6.58. The third kappa shape index (κ3) is 13.7. The Morgan fingerprint density at radius 2 is 1.03 bits per heavy atom. The number of carbonyl (C=O) groups is 4. The predicted octanol–water partition coefficient (Wildman–Crippen LogP) is 10.9. The number of hydrogen-bond acceptors (Lipinski definition) is 12. The van der Waals surface area contributed by atoms with Gasteiger partial charge in [-0.25, -0.2) is 0 Å². The molecule has 0 saturated carbocycles. The maximum Gasteiger partial charge on any atom is 0.316 e. The van der Waals surface area contributed by atoms with E-state index in [2.05, 4.69) is 0 Å². The van der Waals surface area contributed by atoms with Crippen molar-refractivity contribution < 1.29 is 57.4 Å². The molecule has 3 aromatic rings. The largest absolute Gasteiger partial charge is 0.508 e. The summed E-state index contributed by atoms with van der Waals surface area (Å²) in [6.45, 7) is 29.2. The average molecular weight is 889 g/mol. The lowest BCUT2D eigenvalue weighted by Gasteiger charge is -2.27. The van der Waals surface area contributed by atoms with E-state index >= 15 is 0 Å². The maximum absolute atomic E-state index is 12.9. The number of hydrogen-bond donors (Lipinski definition) is 1. The van der Waals surface area contributed by atoms with Crippen LogP contribution in [0.25, 0.3) is 0 Å². The predicted molar refractivity (Wildman–Crippen MR) is 244 cm³/mol. The summed E-state index contributed by atoms with van der Waals surface area (Å²) >= 11 is 0. The van der Waals surface area contributed by atoms with E-state index in [1.807, 2.05) is 152 Å². The Morgan fingerprint density at radius 3 is 1.47 bits per heavy atom. The molecule has 5 atom stereocenters. The van der Waals surface area contributed by atoms with Crippen LogP contribution in [-0.4, -0.2) is 64.6 Å². The number of phenols is 1. The summed E-state index contributed by atoms with van der Waals surface area (Å²) in [5.74, 6) is 1.11. The van der Waals surface area contributed by atoms with Crippen molar-refractivity contribution in [2.45, 2.75) is 171 Å². The highest BCUT2D eigenvalue weighted by Gasteiger charge is 2.65. The molecule has 0 spiro atoms. The molecule has 0 aromatic heterocycles. The first-order valence-corrected chi connectivity index (χ1v) is 22.5. The monoisotopic (exact) mass is 889 g/mol. The van der Waals surface area contributed by atoms with Gasteiger partial charge in [0.25, 0.3) is 0 Å². The van der Waals surface area contributed by atoms with Crippen LogP contribution in [0.5, 0.6) is 23.0 Å². The fourth-order valence-corrected chi connectivity index (χ4v) is 6.58. The number of esters is 4. The minimum atomic E-state index is -0.553. The summed E-state index contributed by atoms with van der Waals surface area (Å²) in [5, 5.41) is 9.06. The lowest BCUT2D eigenvalue weighted by molar-refractivity contribution is -0.169. The molecule has 5 unspecified atom stereocenters. The molecule has 1 N–H and O–H groups in total. The van der Waals surface area contributed by atoms with Crippen molar-refractivity contribution in [3.05, 3.63) is 83.9 Å². The molecule has 0 amide bonds. The van der Waals surface area contributed by atoms with Gasteiger partial charge in [0.1, 0.15) is 40.3 Å². The summed E-state index contributed by atoms with van der Waals surface area (Å²) in [7, 11) is 0. The van der Waals surface area contributed by atoms with Gasteiger partial charge in [0, 0.05) is 0 Å². The molecule has 352 valence electrons. The highest BCUT2D eigenvalue weighted by Crippen LogP contribution is 2.48. The van der Waals surface area contributed by atoms with Gasteiger partial charge in [-0.3, -0.25) is 19.2 Å². The second-order valence-electron chi connectivity index (χ2n) is 20.7. The summed E-state index contributed by atoms with van der Waals surface area (Å²) in [6.07, 6.45) is 1.06. The molecule has 3 aromatic carbocycles. The first-order chi connectivity index (χ1) is 29.6. The summed E-state index contributed by atoms with van der Waals surface area (Å²) in [6, 6.07) is 21.6. The van der Waals surface area contributed by atoms with Crippen molar-refractivity contribution in [2.24, 2.45) is 22.2 Å². The van der Waals surface area contributed by atoms with Crippen LogP contribution in [0.15, 0.2) is 72.8 Å². The molecule has 3 aliphatic heterocycles. The quantitative estimate of drug-likeness (QED) is 0.0987. The molecular formula is C52H72O12. The SMILES string of the molecule is CCC(C)(C)C(=O)OC(c1ccc(OC(C)(C)C)cc1)c1ccc(OC(C)(C)C)cc1.CCC(C)(C)C(=O)OC1C2CC3C(=O)OC1C3O2.CCC(C)(C)C(=O)Oc1ccc(O)cc1. The molecule has 0 aliphatic carbocycles. The minimum Gasteiger partial charge on any atom is -0.508 e. The second-order valence-corrected chi connectivity index (χ2v) is 20.7. The van der Waals surface area contributed by atoms with E-state index in [1.165, 1.54) is 12.1 Å². The van der Waals surface area contributed by atoms with Gasteiger partial charge in [-0.05, 0) is 168 Å². The molecule has 3 aliphatic rings. The smallest absolute Gasteiger partial charge is 0.316 e. The van der Waals surface area contributed by atoms with Crippen molar-refractivity contribution >= 4 is 23.9 Å². The van der Waals surface area contributed by atoms with Crippen LogP contribution in [0.2, 0.25) is 0 Å². The Kier molecular flexibility index (Phi) is 16.4. The third-order valence-corrected chi connectivity index (χ3v) is 11.8. The standard InChI is InChI=1S/C27H38O4.C13H18O5.C12H16O3/c1-10-27(8,9)24(28)29-23(19-11-15-21(16-12-19)30-25(2,3)4)20-13-17-22(18-14-20)31-26(5,6)7;1-4-13(2,3)12(15)18-9-7-5-6-8(16-7)10(9)17-11(6)14;1-4-12(2,3)11(14)15-10-7-5-9(13)6-8-10/h11-18,23H,10H2,1-9H3;6-10H,4-5H2,1-3H3;5-8,13H,4H2,1-3H3. The fraction of sp³-hybridized carbons (Fsp3) is 0.577. The average Bonchev–Trinajstić information content (AvgIpc) is 3.86. The molecule has 2 bridgehead atoms. The summed E-state index contributed by atoms with van der Waals surface area (Å²) in [4.78, 5) is 48.2. The third-order valence-electron chi connectivity index (χ3n) is 11.8. The van der Waals surface area contributed by atoms with E-state index in [1.54, 1.807) is 12.1 Å². The lowest BCUT2D eigenvalue weighted by Crippen LogP contribution is -2.42. The first-order valence-electron chi connectivity index (χ1n) is 22.5. The summed E-state index contributed by atoms with van der Waals surface area (Å²) < 4.78 is 39.5. The van der Waals surface area contributed by atoms with Gasteiger partial charge >= 0.3 is 23.9 Å². The molecular weight excluding hydrogens is 817 g/mol. The Balaban J connectivity index is 0.000000229. The lowest BCUT2D eigenvalue weighted by atomic mass is 9.87. The highest BCUT2D eigenvalue weighted by molar-refractivity contribution is 5.79. The molecule has 3 fully saturated rings. The van der Waals surface area contributed by atoms with Crippen LogP contribution in [0.3, 0.4) is 0 Å². The highest BCUT2D eigenvalue weighted by atomic mass is 16.7. The van der Waals surface area contributed by atoms with E-state index in [9.17, 15) is 19.2 Å². The first kappa shape index (κ1) is 51.5. The number of fused-ring (bicyclic) bond motifs is 1. The van der Waals surface area contributed by atoms with Gasteiger partial charge in [0.15, 0.2) is 18.3 Å². The van der Waals surface area contributed by atoms with Crippen LogP contribution in [-0.2, 0) is 38.1 Å². The topological polar surface area (TPSA) is 153 Å². The Bertz CT molecular complexity index is 1980. The van der Waals surface area contributed by atoms with Crippen molar-refractivity contribution in [2.75, 3.05) is 0 Å². The maximum atomic E-state index is 12.9. The van der Waals surface area contributed by atoms with E-state index in [4.69, 9.17) is 38.3 Å². The van der Waals surface area contributed by atoms with Crippen LogP contribution < -0.4 is 14.2 Å². The minimum absolute atomic E-state index is 0.144. The van der Waals surface area contributed by atoms with Gasteiger partial charge in [-0.1, -0.05) is 45.0 Å². The van der Waals surface area contributed by atoms with E-state index in [0.717, 1.165) is 29.0 Å². The number of phenolic OH excluding ortho intramolecular Hbond substituents is 1. The van der Waals surface area contributed by atoms with Gasteiger partial charge in [-0.15, -0.1) is 0 Å². The van der Waals surface area contributed by atoms with Gasteiger partial charge in [0.2, 0.25) is 0 Å². The van der Waals surface area contributed by atoms with Crippen LogP contribution in [0, 0.1) is 22.2 Å². The molecule has 3 saturated heterocycles. The van der Waals surface area contributed by atoms with E-state index in [-0.39, 0.29) is 59.0 Å². The van der Waals surface area contributed by atoms with Gasteiger partial charge in [0.05, 0.1) is 28.3 Å². The van der Waals surface area contributed by atoms with Crippen LogP contribution in [0.4, 0.5) is 0 Å². The van der Waals surface area contributed by atoms with Crippen molar-refractivity contribution in [3.8, 4) is 23.0 Å². The number of rotatable bonds is 13. The zero-order chi connectivity index (χ0) is 48.0. The Hall–Kier alpha value is -5.10. The zero-order valence-corrected chi connectivity index (χ0v) is 40.7. The van der Waals surface area contributed by atoms with Gasteiger partial charge in [-0.2, -0.15) is 0 Å². The van der Waals surface area contributed by atoms with Crippen molar-refractivity contribution in [1.29, 1.82) is 0 Å². The van der Waals surface area contributed by atoms with Gasteiger partial charge < -0.3 is 38.3 Å². The number of aromatic hydroxyl groups is 1. The summed E-state index contributed by atoms with van der Waals surface area (Å²) in [5.41, 5.74) is -0.301. The molecule has 12 nitrogen and oxygen atoms in total. The number of ether oxygens (including phenoxy) is 7. The molecule has 64 heavy (non-hydrogen) atoms. The van der Waals surface area contributed by atoms with Crippen molar-refractivity contribution in [1.82, 2.24) is 0 Å². The zero-order valence-electron chi connectivity index (χ0n) is 40.7. The normalized spacial score (nSPS) is 20.2. The second kappa shape index (κ2) is 20.4. The number of carbonyl (C=O) groups excluding carboxylic acids is 4. The van der Waals surface area contributed by atoms with Crippen molar-refractivity contribution in [3.63, 3.8) is 0 Å². The molecule has 3 heterocycles. The van der Waals surface area contributed by atoms with E-state index < -0.39 is 34.6 Å². The molecule has 12 heteroatoms. The number of benzene rings is 3. The van der Waals surface area contributed by atoms with Crippen LogP contribution >= 0.6 is 0 Å². The molecule has 6 rings (SSSR count). The Labute approximate surface area is 380 Å². The van der Waals surface area contributed by atoms with Crippen LogP contribution in [0.1, 0.15) is 147 Å². The molecule has 0 radical (unpaired) electrons.